The number of halogens is 1. The molecule has 0 radical (unpaired) electrons. The summed E-state index contributed by atoms with van der Waals surface area (Å²) in [7, 11) is 1.68. The highest BCUT2D eigenvalue weighted by molar-refractivity contribution is 14.0. The average Bonchev–Trinajstić information content (AvgIpc) is 2.61. The molecule has 1 aromatic rings. The van der Waals surface area contributed by atoms with Gasteiger partial charge in [-0.1, -0.05) is 6.42 Å². The van der Waals surface area contributed by atoms with E-state index >= 15 is 0 Å². The molecule has 0 aliphatic heterocycles. The van der Waals surface area contributed by atoms with Gasteiger partial charge in [0.2, 0.25) is 11.8 Å². The molecule has 0 bridgehead atoms. The number of nitrogens with zero attached hydrogens (tertiary/aromatic N) is 2. The zero-order chi connectivity index (χ0) is 19.7. The molecule has 0 atom stereocenters. The molecular weight excluding hydrogens is 469 g/mol. The minimum atomic E-state index is -0.249. The van der Waals surface area contributed by atoms with Crippen LogP contribution in [0.25, 0.3) is 0 Å². The number of aliphatic imine (C=N–C) groups is 1. The van der Waals surface area contributed by atoms with Crippen molar-refractivity contribution in [1.29, 1.82) is 0 Å². The van der Waals surface area contributed by atoms with Gasteiger partial charge in [-0.2, -0.15) is 0 Å². The monoisotopic (exact) mass is 503 g/mol. The number of carbonyl (C=O) groups is 1. The van der Waals surface area contributed by atoms with E-state index in [0.29, 0.717) is 18.4 Å². The number of hydrogen-bond donors (Lipinski definition) is 3. The van der Waals surface area contributed by atoms with E-state index in [4.69, 9.17) is 4.74 Å². The van der Waals surface area contributed by atoms with Gasteiger partial charge >= 0.3 is 0 Å². The minimum absolute atomic E-state index is 0. The van der Waals surface area contributed by atoms with E-state index < -0.39 is 0 Å². The molecule has 7 nitrogen and oxygen atoms in total. The van der Waals surface area contributed by atoms with E-state index in [0.717, 1.165) is 18.4 Å². The van der Waals surface area contributed by atoms with Crippen molar-refractivity contribution in [2.24, 2.45) is 4.99 Å². The number of guanidine groups is 1. The number of nitrogens with one attached hydrogen (secondary N) is 3. The second-order valence-electron chi connectivity index (χ2n) is 7.96. The third-order valence-electron chi connectivity index (χ3n) is 4.25. The summed E-state index contributed by atoms with van der Waals surface area (Å²) >= 11 is 0. The smallest absolute Gasteiger partial charge is 0.239 e. The molecule has 1 amide bonds. The summed E-state index contributed by atoms with van der Waals surface area (Å²) in [6.45, 7) is 6.60. The van der Waals surface area contributed by atoms with Crippen LogP contribution in [0.3, 0.4) is 0 Å². The highest BCUT2D eigenvalue weighted by Crippen LogP contribution is 2.22. The van der Waals surface area contributed by atoms with Gasteiger partial charge in [0.1, 0.15) is 6.10 Å². The number of pyridine rings is 1. The van der Waals surface area contributed by atoms with Gasteiger partial charge < -0.3 is 20.7 Å². The van der Waals surface area contributed by atoms with Gasteiger partial charge in [0.05, 0.1) is 6.54 Å². The summed E-state index contributed by atoms with van der Waals surface area (Å²) in [6.07, 6.45) is 8.03. The van der Waals surface area contributed by atoms with E-state index in [2.05, 4.69) is 25.9 Å². The van der Waals surface area contributed by atoms with Gasteiger partial charge in [0.15, 0.2) is 5.96 Å². The van der Waals surface area contributed by atoms with Gasteiger partial charge in [-0.3, -0.25) is 9.79 Å². The van der Waals surface area contributed by atoms with Crippen LogP contribution in [-0.2, 0) is 11.3 Å². The Morgan fingerprint density at radius 1 is 1.25 bits per heavy atom. The first kappa shape index (κ1) is 24.5. The van der Waals surface area contributed by atoms with Gasteiger partial charge in [0, 0.05) is 31.4 Å². The summed E-state index contributed by atoms with van der Waals surface area (Å²) in [6, 6.07) is 3.90. The van der Waals surface area contributed by atoms with E-state index in [1.165, 1.54) is 19.3 Å². The van der Waals surface area contributed by atoms with Crippen LogP contribution in [0, 0.1) is 0 Å². The zero-order valence-corrected chi connectivity index (χ0v) is 19.7. The fraction of sp³-hybridized carbons (Fsp3) is 0.650. The highest BCUT2D eigenvalue weighted by Gasteiger charge is 2.16. The van der Waals surface area contributed by atoms with Crippen molar-refractivity contribution in [1.82, 2.24) is 20.9 Å². The number of ether oxygens (including phenoxy) is 1. The Hall–Kier alpha value is -1.58. The number of carbonyl (C=O) groups excluding carboxylic acids is 1. The number of hydrogen-bond acceptors (Lipinski definition) is 4. The fourth-order valence-corrected chi connectivity index (χ4v) is 3.01. The average molecular weight is 503 g/mol. The normalized spacial score (nSPS) is 15.4. The van der Waals surface area contributed by atoms with E-state index in [1.807, 2.05) is 32.9 Å². The van der Waals surface area contributed by atoms with Gasteiger partial charge in [-0.15, -0.1) is 24.0 Å². The molecule has 28 heavy (non-hydrogen) atoms. The summed E-state index contributed by atoms with van der Waals surface area (Å²) in [5, 5.41) is 9.14. The molecule has 1 saturated carbocycles. The molecule has 0 saturated heterocycles. The predicted octanol–water partition coefficient (Wildman–Crippen LogP) is 2.99. The van der Waals surface area contributed by atoms with Crippen LogP contribution in [0.1, 0.15) is 58.4 Å². The second-order valence-corrected chi connectivity index (χ2v) is 7.96. The third-order valence-corrected chi connectivity index (χ3v) is 4.25. The Bertz CT molecular complexity index is 640. The second kappa shape index (κ2) is 12.1. The Morgan fingerprint density at radius 3 is 2.61 bits per heavy atom. The van der Waals surface area contributed by atoms with Crippen molar-refractivity contribution in [2.75, 3.05) is 13.6 Å². The van der Waals surface area contributed by atoms with Crippen molar-refractivity contribution in [2.45, 2.75) is 71.1 Å². The van der Waals surface area contributed by atoms with Gasteiger partial charge in [0.25, 0.3) is 0 Å². The summed E-state index contributed by atoms with van der Waals surface area (Å²) in [4.78, 5) is 20.4. The standard InChI is InChI=1S/C20H33N5O2.HI/c1-20(2,3)25-17(26)14-24-19(21-4)23-13-15-10-11-22-18(12-15)27-16-8-6-5-7-9-16;/h10-12,16H,5-9,13-14H2,1-4H3,(H,25,26)(H2,21,23,24);1H. The third kappa shape index (κ3) is 9.57. The van der Waals surface area contributed by atoms with Gasteiger partial charge in [-0.05, 0) is 58.1 Å². The predicted molar refractivity (Wildman–Crippen MR) is 123 cm³/mol. The van der Waals surface area contributed by atoms with Crippen LogP contribution >= 0.6 is 24.0 Å². The molecule has 1 aromatic heterocycles. The summed E-state index contributed by atoms with van der Waals surface area (Å²) < 4.78 is 6.02. The molecule has 3 N–H and O–H groups in total. The molecule has 1 aliphatic rings. The van der Waals surface area contributed by atoms with E-state index in [9.17, 15) is 4.79 Å². The summed E-state index contributed by atoms with van der Waals surface area (Å²) in [5.74, 6) is 1.18. The fourth-order valence-electron chi connectivity index (χ4n) is 3.01. The van der Waals surface area contributed by atoms with Crippen LogP contribution in [0.15, 0.2) is 23.3 Å². The molecule has 1 fully saturated rings. The maximum atomic E-state index is 11.9. The maximum Gasteiger partial charge on any atom is 0.239 e. The molecule has 158 valence electrons. The van der Waals surface area contributed by atoms with Crippen molar-refractivity contribution < 1.29 is 9.53 Å². The first-order valence-electron chi connectivity index (χ1n) is 9.73. The van der Waals surface area contributed by atoms with Crippen LogP contribution in [0.2, 0.25) is 0 Å². The first-order chi connectivity index (χ1) is 12.9. The molecule has 8 heteroatoms. The maximum absolute atomic E-state index is 11.9. The number of amides is 1. The summed E-state index contributed by atoms with van der Waals surface area (Å²) in [5.41, 5.74) is 0.805. The Labute approximate surface area is 185 Å². The zero-order valence-electron chi connectivity index (χ0n) is 17.4. The molecule has 1 aliphatic carbocycles. The topological polar surface area (TPSA) is 87.6 Å². The lowest BCUT2D eigenvalue weighted by Gasteiger charge is -2.22. The molecule has 0 aromatic carbocycles. The van der Waals surface area contributed by atoms with E-state index in [-0.39, 0.29) is 48.1 Å². The Kier molecular flexibility index (Phi) is 10.6. The Balaban J connectivity index is 0.00000392. The molecule has 0 unspecified atom stereocenters. The number of rotatable bonds is 6. The minimum Gasteiger partial charge on any atom is -0.474 e. The van der Waals surface area contributed by atoms with Crippen LogP contribution < -0.4 is 20.7 Å². The van der Waals surface area contributed by atoms with E-state index in [1.54, 1.807) is 13.2 Å². The lowest BCUT2D eigenvalue weighted by atomic mass is 9.98. The lowest BCUT2D eigenvalue weighted by molar-refractivity contribution is -0.121. The Morgan fingerprint density at radius 2 is 1.96 bits per heavy atom. The van der Waals surface area contributed by atoms with Crippen LogP contribution in [-0.4, -0.2) is 42.1 Å². The molecular formula is C20H34IN5O2. The molecule has 0 spiro atoms. The number of aromatic nitrogens is 1. The molecule has 1 heterocycles. The quantitative estimate of drug-likeness (QED) is 0.316. The molecule has 2 rings (SSSR count). The van der Waals surface area contributed by atoms with Crippen molar-refractivity contribution in [3.05, 3.63) is 23.9 Å². The lowest BCUT2D eigenvalue weighted by Crippen LogP contribution is -2.48. The van der Waals surface area contributed by atoms with Crippen molar-refractivity contribution in [3.63, 3.8) is 0 Å². The van der Waals surface area contributed by atoms with Gasteiger partial charge in [-0.25, -0.2) is 4.98 Å². The van der Waals surface area contributed by atoms with Crippen molar-refractivity contribution >= 4 is 35.8 Å². The van der Waals surface area contributed by atoms with Crippen LogP contribution in [0.4, 0.5) is 0 Å². The largest absolute Gasteiger partial charge is 0.474 e. The van der Waals surface area contributed by atoms with Crippen LogP contribution in [0.5, 0.6) is 5.88 Å². The first-order valence-corrected chi connectivity index (χ1v) is 9.73. The van der Waals surface area contributed by atoms with Crippen molar-refractivity contribution in [3.8, 4) is 5.88 Å². The SMILES string of the molecule is CN=C(NCC(=O)NC(C)(C)C)NCc1ccnc(OC2CCCCC2)c1.I. The highest BCUT2D eigenvalue weighted by atomic mass is 127.